The van der Waals surface area contributed by atoms with E-state index in [9.17, 15) is 0 Å². The minimum absolute atomic E-state index is 0.112. The van der Waals surface area contributed by atoms with Crippen LogP contribution in [-0.4, -0.2) is 37.7 Å². The van der Waals surface area contributed by atoms with Gasteiger partial charge in [0.15, 0.2) is 0 Å². The molecule has 0 heterocycles. The molecule has 0 aromatic heterocycles. The maximum absolute atomic E-state index is 5.94. The van der Waals surface area contributed by atoms with Gasteiger partial charge in [-0.05, 0) is 46.8 Å². The van der Waals surface area contributed by atoms with Crippen molar-refractivity contribution in [2.75, 3.05) is 27.2 Å². The van der Waals surface area contributed by atoms with E-state index in [2.05, 4.69) is 39.8 Å². The van der Waals surface area contributed by atoms with Gasteiger partial charge in [0.25, 0.3) is 0 Å². The maximum Gasteiger partial charge on any atom is 0.0651 e. The number of hydrogen-bond acceptors (Lipinski definition) is 2. The molecule has 0 bridgehead atoms. The Hall–Kier alpha value is -0.0800. The van der Waals surface area contributed by atoms with Gasteiger partial charge in [-0.2, -0.15) is 0 Å². The van der Waals surface area contributed by atoms with Crippen LogP contribution in [0.1, 0.15) is 46.5 Å². The molecule has 0 aromatic carbocycles. The van der Waals surface area contributed by atoms with E-state index in [0.717, 1.165) is 26.0 Å². The molecule has 2 nitrogen and oxygen atoms in total. The summed E-state index contributed by atoms with van der Waals surface area (Å²) in [7, 11) is 4.20. The molecule has 0 saturated heterocycles. The normalized spacial score (nSPS) is 15.9. The zero-order valence-corrected chi connectivity index (χ0v) is 10.6. The molecular formula is C12H27NO. The topological polar surface area (TPSA) is 12.5 Å². The van der Waals surface area contributed by atoms with E-state index >= 15 is 0 Å². The minimum atomic E-state index is 0.112. The van der Waals surface area contributed by atoms with Crippen molar-refractivity contribution in [3.63, 3.8) is 0 Å². The summed E-state index contributed by atoms with van der Waals surface area (Å²) in [5.41, 5.74) is 0.112. The molecule has 0 rings (SSSR count). The SMILES string of the molecule is CCCC(C)(CC)OCCCN(C)C. The van der Waals surface area contributed by atoms with Crippen molar-refractivity contribution in [1.82, 2.24) is 4.90 Å². The molecule has 0 aliphatic carbocycles. The lowest BCUT2D eigenvalue weighted by Gasteiger charge is -2.28. The summed E-state index contributed by atoms with van der Waals surface area (Å²) in [6, 6.07) is 0. The molecule has 0 aromatic rings. The van der Waals surface area contributed by atoms with Crippen LogP contribution in [0.3, 0.4) is 0 Å². The third kappa shape index (κ3) is 6.39. The van der Waals surface area contributed by atoms with Crippen LogP contribution in [0.25, 0.3) is 0 Å². The van der Waals surface area contributed by atoms with Crippen LogP contribution in [0.4, 0.5) is 0 Å². The molecule has 0 radical (unpaired) electrons. The molecule has 0 aliphatic rings. The molecule has 14 heavy (non-hydrogen) atoms. The lowest BCUT2D eigenvalue weighted by molar-refractivity contribution is -0.0429. The fraction of sp³-hybridized carbons (Fsp3) is 1.00. The highest BCUT2D eigenvalue weighted by atomic mass is 16.5. The summed E-state index contributed by atoms with van der Waals surface area (Å²) in [6.07, 6.45) is 4.62. The second-order valence-electron chi connectivity index (χ2n) is 4.56. The zero-order valence-electron chi connectivity index (χ0n) is 10.6. The first-order valence-corrected chi connectivity index (χ1v) is 5.82. The lowest BCUT2D eigenvalue weighted by Crippen LogP contribution is -2.29. The second-order valence-corrected chi connectivity index (χ2v) is 4.56. The molecule has 2 heteroatoms. The van der Waals surface area contributed by atoms with Crippen molar-refractivity contribution in [2.24, 2.45) is 0 Å². The Morgan fingerprint density at radius 2 is 1.86 bits per heavy atom. The molecule has 1 atom stereocenters. The largest absolute Gasteiger partial charge is 0.375 e. The van der Waals surface area contributed by atoms with E-state index in [1.54, 1.807) is 0 Å². The number of rotatable bonds is 8. The highest BCUT2D eigenvalue weighted by Gasteiger charge is 2.20. The fourth-order valence-electron chi connectivity index (χ4n) is 1.58. The molecular weight excluding hydrogens is 174 g/mol. The number of hydrogen-bond donors (Lipinski definition) is 0. The van der Waals surface area contributed by atoms with Crippen molar-refractivity contribution < 1.29 is 4.74 Å². The molecule has 1 unspecified atom stereocenters. The standard InChI is InChI=1S/C12H27NO/c1-6-9-12(3,7-2)14-11-8-10-13(4)5/h6-11H2,1-5H3. The van der Waals surface area contributed by atoms with Crippen LogP contribution in [0.5, 0.6) is 0 Å². The second kappa shape index (κ2) is 7.24. The Morgan fingerprint density at radius 1 is 1.21 bits per heavy atom. The van der Waals surface area contributed by atoms with Gasteiger partial charge in [0.1, 0.15) is 0 Å². The molecule has 0 fully saturated rings. The summed E-state index contributed by atoms with van der Waals surface area (Å²) in [5.74, 6) is 0. The monoisotopic (exact) mass is 201 g/mol. The summed E-state index contributed by atoms with van der Waals surface area (Å²) < 4.78 is 5.94. The van der Waals surface area contributed by atoms with Gasteiger partial charge >= 0.3 is 0 Å². The van der Waals surface area contributed by atoms with Crippen molar-refractivity contribution >= 4 is 0 Å². The summed E-state index contributed by atoms with van der Waals surface area (Å²) in [4.78, 5) is 2.20. The predicted octanol–water partition coefficient (Wildman–Crippen LogP) is 2.92. The summed E-state index contributed by atoms with van der Waals surface area (Å²) in [5, 5.41) is 0. The van der Waals surface area contributed by atoms with E-state index in [-0.39, 0.29) is 5.60 Å². The Kier molecular flexibility index (Phi) is 7.20. The molecule has 0 amide bonds. The van der Waals surface area contributed by atoms with Crippen LogP contribution in [-0.2, 0) is 4.74 Å². The van der Waals surface area contributed by atoms with Gasteiger partial charge in [-0.1, -0.05) is 20.3 Å². The van der Waals surface area contributed by atoms with Crippen molar-refractivity contribution in [3.05, 3.63) is 0 Å². The highest BCUT2D eigenvalue weighted by molar-refractivity contribution is 4.72. The first kappa shape index (κ1) is 13.9. The smallest absolute Gasteiger partial charge is 0.0651 e. The van der Waals surface area contributed by atoms with Crippen LogP contribution < -0.4 is 0 Å². The van der Waals surface area contributed by atoms with E-state index in [1.807, 2.05) is 0 Å². The van der Waals surface area contributed by atoms with Crippen LogP contribution in [0.15, 0.2) is 0 Å². The number of ether oxygens (including phenoxy) is 1. The van der Waals surface area contributed by atoms with E-state index in [1.165, 1.54) is 12.8 Å². The van der Waals surface area contributed by atoms with Gasteiger partial charge in [-0.15, -0.1) is 0 Å². The lowest BCUT2D eigenvalue weighted by atomic mass is 9.97. The Bertz CT molecular complexity index is 136. The molecule has 0 spiro atoms. The zero-order chi connectivity index (χ0) is 11.0. The van der Waals surface area contributed by atoms with Crippen molar-refractivity contribution in [1.29, 1.82) is 0 Å². The van der Waals surface area contributed by atoms with E-state index < -0.39 is 0 Å². The molecule has 0 N–H and O–H groups in total. The summed E-state index contributed by atoms with van der Waals surface area (Å²) >= 11 is 0. The fourth-order valence-corrected chi connectivity index (χ4v) is 1.58. The Morgan fingerprint density at radius 3 is 2.29 bits per heavy atom. The van der Waals surface area contributed by atoms with Gasteiger partial charge in [-0.3, -0.25) is 0 Å². The summed E-state index contributed by atoms with van der Waals surface area (Å²) in [6.45, 7) is 8.67. The minimum Gasteiger partial charge on any atom is -0.375 e. The average Bonchev–Trinajstić information content (AvgIpc) is 2.13. The molecule has 0 aliphatic heterocycles. The van der Waals surface area contributed by atoms with Crippen molar-refractivity contribution in [2.45, 2.75) is 52.1 Å². The predicted molar refractivity (Wildman–Crippen MR) is 62.7 cm³/mol. The van der Waals surface area contributed by atoms with Gasteiger partial charge < -0.3 is 9.64 Å². The third-order valence-corrected chi connectivity index (χ3v) is 2.73. The van der Waals surface area contributed by atoms with Crippen LogP contribution >= 0.6 is 0 Å². The van der Waals surface area contributed by atoms with Crippen LogP contribution in [0, 0.1) is 0 Å². The van der Waals surface area contributed by atoms with Crippen LogP contribution in [0.2, 0.25) is 0 Å². The quantitative estimate of drug-likeness (QED) is 0.560. The van der Waals surface area contributed by atoms with Gasteiger partial charge in [0.2, 0.25) is 0 Å². The Labute approximate surface area is 89.6 Å². The van der Waals surface area contributed by atoms with Crippen molar-refractivity contribution in [3.8, 4) is 0 Å². The van der Waals surface area contributed by atoms with Gasteiger partial charge in [0, 0.05) is 6.61 Å². The average molecular weight is 201 g/mol. The first-order chi connectivity index (χ1) is 6.54. The number of nitrogens with zero attached hydrogens (tertiary/aromatic N) is 1. The Balaban J connectivity index is 3.61. The third-order valence-electron chi connectivity index (χ3n) is 2.73. The highest BCUT2D eigenvalue weighted by Crippen LogP contribution is 2.21. The van der Waals surface area contributed by atoms with E-state index in [4.69, 9.17) is 4.74 Å². The van der Waals surface area contributed by atoms with Gasteiger partial charge in [0.05, 0.1) is 5.60 Å². The van der Waals surface area contributed by atoms with E-state index in [0.29, 0.717) is 0 Å². The maximum atomic E-state index is 5.94. The molecule has 86 valence electrons. The first-order valence-electron chi connectivity index (χ1n) is 5.82. The van der Waals surface area contributed by atoms with Gasteiger partial charge in [-0.25, -0.2) is 0 Å². The molecule has 0 saturated carbocycles.